The zero-order chi connectivity index (χ0) is 41.2. The number of anilines is 3. The van der Waals surface area contributed by atoms with Crippen LogP contribution >= 0.6 is 0 Å². The maximum absolute atomic E-state index is 2.46. The van der Waals surface area contributed by atoms with Gasteiger partial charge in [-0.3, -0.25) is 0 Å². The molecule has 2 heteroatoms. The third-order valence-electron chi connectivity index (χ3n) is 12.0. The number of rotatable bonds is 9. The van der Waals surface area contributed by atoms with Gasteiger partial charge in [-0.25, -0.2) is 0 Å². The number of fused-ring (bicyclic) bond motifs is 3. The highest BCUT2D eigenvalue weighted by Crippen LogP contribution is 2.49. The average molecular weight is 791 g/mol. The van der Waals surface area contributed by atoms with Crippen LogP contribution in [-0.4, -0.2) is 4.57 Å². The van der Waals surface area contributed by atoms with E-state index in [9.17, 15) is 0 Å². The largest absolute Gasteiger partial charge is 0.310 e. The fourth-order valence-electron chi connectivity index (χ4n) is 9.23. The second-order valence-corrected chi connectivity index (χ2v) is 15.7. The smallest absolute Gasteiger partial charge is 0.0619 e. The van der Waals surface area contributed by atoms with E-state index in [0.29, 0.717) is 0 Å². The molecule has 0 aliphatic heterocycles. The van der Waals surface area contributed by atoms with Crippen LogP contribution in [0, 0.1) is 0 Å². The van der Waals surface area contributed by atoms with Gasteiger partial charge in [0.1, 0.15) is 0 Å². The molecular weight excluding hydrogens is 749 g/mol. The van der Waals surface area contributed by atoms with Crippen LogP contribution in [0.4, 0.5) is 17.1 Å². The van der Waals surface area contributed by atoms with E-state index in [1.807, 2.05) is 0 Å². The van der Waals surface area contributed by atoms with Crippen molar-refractivity contribution in [2.24, 2.45) is 0 Å². The van der Waals surface area contributed by atoms with Crippen LogP contribution in [0.2, 0.25) is 0 Å². The summed E-state index contributed by atoms with van der Waals surface area (Å²) in [5.41, 5.74) is 18.4. The van der Waals surface area contributed by atoms with Gasteiger partial charge in [0.15, 0.2) is 0 Å². The predicted octanol–water partition coefficient (Wildman–Crippen LogP) is 16.6. The Hall–Kier alpha value is -8.20. The molecule has 10 aromatic carbocycles. The molecule has 11 aromatic rings. The van der Waals surface area contributed by atoms with Crippen molar-refractivity contribution in [1.29, 1.82) is 0 Å². The van der Waals surface area contributed by atoms with Gasteiger partial charge in [-0.15, -0.1) is 0 Å². The third kappa shape index (κ3) is 6.65. The highest BCUT2D eigenvalue weighted by Gasteiger charge is 2.24. The first-order valence-corrected chi connectivity index (χ1v) is 21.3. The molecule has 11 rings (SSSR count). The normalized spacial score (nSPS) is 11.2. The number of aromatic nitrogens is 1. The Bertz CT molecular complexity index is 3330. The van der Waals surface area contributed by atoms with Gasteiger partial charge in [-0.2, -0.15) is 0 Å². The van der Waals surface area contributed by atoms with Crippen molar-refractivity contribution in [2.75, 3.05) is 4.90 Å². The Kier molecular flexibility index (Phi) is 9.57. The van der Waals surface area contributed by atoms with Crippen LogP contribution in [0.5, 0.6) is 0 Å². The van der Waals surface area contributed by atoms with Crippen molar-refractivity contribution in [1.82, 2.24) is 4.57 Å². The number of hydrogen-bond acceptors (Lipinski definition) is 1. The molecule has 0 bridgehead atoms. The fraction of sp³-hybridized carbons (Fsp3) is 0. The Balaban J connectivity index is 1.19. The number of hydrogen-bond donors (Lipinski definition) is 0. The van der Waals surface area contributed by atoms with Crippen molar-refractivity contribution in [3.63, 3.8) is 0 Å². The summed E-state index contributed by atoms with van der Waals surface area (Å²) in [5.74, 6) is 0. The molecule has 0 atom stereocenters. The molecule has 0 aliphatic carbocycles. The lowest BCUT2D eigenvalue weighted by atomic mass is 9.87. The molecule has 0 saturated heterocycles. The van der Waals surface area contributed by atoms with Gasteiger partial charge in [0.2, 0.25) is 0 Å². The lowest BCUT2D eigenvalue weighted by molar-refractivity contribution is 1.18. The summed E-state index contributed by atoms with van der Waals surface area (Å²) in [6, 6.07) is 92.2. The Morgan fingerprint density at radius 2 is 0.758 bits per heavy atom. The molecule has 2 nitrogen and oxygen atoms in total. The van der Waals surface area contributed by atoms with Gasteiger partial charge in [-0.1, -0.05) is 206 Å². The summed E-state index contributed by atoms with van der Waals surface area (Å²) in [5, 5.41) is 2.47. The molecule has 1 heterocycles. The second-order valence-electron chi connectivity index (χ2n) is 15.7. The monoisotopic (exact) mass is 790 g/mol. The zero-order valence-corrected chi connectivity index (χ0v) is 34.1. The number of nitrogens with zero attached hydrogens (tertiary/aromatic N) is 2. The summed E-state index contributed by atoms with van der Waals surface area (Å²) in [6.45, 7) is 0. The van der Waals surface area contributed by atoms with Crippen LogP contribution in [0.1, 0.15) is 0 Å². The first-order valence-electron chi connectivity index (χ1n) is 21.3. The van der Waals surface area contributed by atoms with Crippen molar-refractivity contribution in [2.45, 2.75) is 0 Å². The molecule has 0 amide bonds. The molecule has 0 N–H and O–H groups in total. The van der Waals surface area contributed by atoms with E-state index in [1.54, 1.807) is 0 Å². The van der Waals surface area contributed by atoms with Crippen LogP contribution in [-0.2, 0) is 0 Å². The average Bonchev–Trinajstić information content (AvgIpc) is 3.70. The summed E-state index contributed by atoms with van der Waals surface area (Å²) < 4.78 is 2.43. The Morgan fingerprint density at radius 1 is 0.290 bits per heavy atom. The first kappa shape index (κ1) is 36.8. The van der Waals surface area contributed by atoms with Crippen LogP contribution in [0.3, 0.4) is 0 Å². The summed E-state index contributed by atoms with van der Waals surface area (Å²) in [4.78, 5) is 2.46. The molecule has 0 spiro atoms. The fourth-order valence-corrected chi connectivity index (χ4v) is 9.23. The quantitative estimate of drug-likeness (QED) is 0.141. The van der Waals surface area contributed by atoms with E-state index in [2.05, 4.69) is 264 Å². The van der Waals surface area contributed by atoms with Crippen molar-refractivity contribution < 1.29 is 0 Å². The lowest BCUT2D eigenvalue weighted by Gasteiger charge is -2.30. The lowest BCUT2D eigenvalue weighted by Crippen LogP contribution is -2.12. The van der Waals surface area contributed by atoms with Crippen LogP contribution in [0.25, 0.3) is 83.1 Å². The molecule has 1 aromatic heterocycles. The summed E-state index contributed by atoms with van der Waals surface area (Å²) in [7, 11) is 0. The number of benzene rings is 10. The van der Waals surface area contributed by atoms with Crippen LogP contribution in [0.15, 0.2) is 255 Å². The van der Waals surface area contributed by atoms with E-state index >= 15 is 0 Å². The van der Waals surface area contributed by atoms with E-state index in [-0.39, 0.29) is 0 Å². The second kappa shape index (κ2) is 16.1. The maximum atomic E-state index is 2.46. The van der Waals surface area contributed by atoms with Crippen molar-refractivity contribution >= 4 is 38.9 Å². The van der Waals surface area contributed by atoms with E-state index < -0.39 is 0 Å². The highest BCUT2D eigenvalue weighted by atomic mass is 15.1. The highest BCUT2D eigenvalue weighted by molar-refractivity contribution is 6.14. The van der Waals surface area contributed by atoms with E-state index in [4.69, 9.17) is 0 Å². The molecule has 0 saturated carbocycles. The van der Waals surface area contributed by atoms with Gasteiger partial charge in [0, 0.05) is 39.0 Å². The number of para-hydroxylation sites is 3. The maximum Gasteiger partial charge on any atom is 0.0619 e. The van der Waals surface area contributed by atoms with E-state index in [0.717, 1.165) is 33.9 Å². The molecule has 0 fully saturated rings. The zero-order valence-electron chi connectivity index (χ0n) is 34.1. The van der Waals surface area contributed by atoms with Gasteiger partial charge < -0.3 is 9.47 Å². The molecular formula is C60H42N2. The minimum atomic E-state index is 1.07. The molecule has 0 radical (unpaired) electrons. The van der Waals surface area contributed by atoms with Gasteiger partial charge in [0.05, 0.1) is 16.7 Å². The van der Waals surface area contributed by atoms with Crippen molar-refractivity contribution in [3.8, 4) is 61.3 Å². The third-order valence-corrected chi connectivity index (χ3v) is 12.0. The van der Waals surface area contributed by atoms with Crippen LogP contribution < -0.4 is 4.90 Å². The predicted molar refractivity (Wildman–Crippen MR) is 263 cm³/mol. The summed E-state index contributed by atoms with van der Waals surface area (Å²) >= 11 is 0. The standard InChI is InChI=1S/C60H42N2/c1-5-21-43(22-6-1)46-27-17-31-49(41-46)61(58-40-20-36-52(45-25-9-3-10-26-45)59(58)55-35-14-13-33-51(55)44-23-7-2-8-24-44)50-32-18-28-47(42-50)53-37-19-38-56-54-34-15-16-39-57(54)62(60(53)56)48-29-11-4-12-30-48/h1-42H. The van der Waals surface area contributed by atoms with Gasteiger partial charge >= 0.3 is 0 Å². The SMILES string of the molecule is c1ccc(-c2cccc(N(c3cccc(-c4cccc5c6ccccc6n(-c6ccccc6)c45)c3)c3cccc(-c4ccccc4)c3-c3ccccc3-c3ccccc3)c2)cc1. The molecule has 62 heavy (non-hydrogen) atoms. The molecule has 0 unspecified atom stereocenters. The minimum absolute atomic E-state index is 1.07. The Labute approximate surface area is 362 Å². The first-order chi connectivity index (χ1) is 30.8. The molecule has 292 valence electrons. The molecule has 0 aliphatic rings. The summed E-state index contributed by atoms with van der Waals surface area (Å²) in [6.07, 6.45) is 0. The Morgan fingerprint density at radius 3 is 1.47 bits per heavy atom. The van der Waals surface area contributed by atoms with E-state index in [1.165, 1.54) is 66.3 Å². The minimum Gasteiger partial charge on any atom is -0.310 e. The van der Waals surface area contributed by atoms with Gasteiger partial charge in [0.25, 0.3) is 0 Å². The van der Waals surface area contributed by atoms with Gasteiger partial charge in [-0.05, 0) is 93.0 Å². The van der Waals surface area contributed by atoms with Crippen molar-refractivity contribution in [3.05, 3.63) is 255 Å². The topological polar surface area (TPSA) is 8.17 Å².